The van der Waals surface area contributed by atoms with Crippen LogP contribution in [0.15, 0.2) is 48.5 Å². The summed E-state index contributed by atoms with van der Waals surface area (Å²) >= 11 is 0. The number of anilines is 2. The summed E-state index contributed by atoms with van der Waals surface area (Å²) in [6, 6.07) is 10.5. The number of urea groups is 1. The van der Waals surface area contributed by atoms with E-state index in [-0.39, 0.29) is 6.04 Å². The molecule has 2 aromatic carbocycles. The van der Waals surface area contributed by atoms with Crippen LogP contribution in [-0.4, -0.2) is 24.6 Å². The maximum Gasteiger partial charge on any atom is 0.419 e. The SMILES string of the molecule is CC(C)NC(=O)Nc1ccccc1NC(=O)COc1ccccc1C(F)(F)F. The molecule has 0 spiro atoms. The fraction of sp³-hybridized carbons (Fsp3) is 0.263. The molecule has 0 aliphatic carbocycles. The van der Waals surface area contributed by atoms with Crippen molar-refractivity contribution in [2.75, 3.05) is 17.2 Å². The van der Waals surface area contributed by atoms with Crippen LogP contribution < -0.4 is 20.7 Å². The standard InChI is InChI=1S/C19H20F3N3O3/c1-12(2)23-18(27)25-15-9-5-4-8-14(15)24-17(26)11-28-16-10-6-3-7-13(16)19(20,21)22/h3-10,12H,11H2,1-2H3,(H,24,26)(H2,23,25,27). The van der Waals surface area contributed by atoms with E-state index in [1.807, 2.05) is 0 Å². The van der Waals surface area contributed by atoms with Crippen molar-refractivity contribution >= 4 is 23.3 Å². The van der Waals surface area contributed by atoms with Gasteiger partial charge < -0.3 is 20.7 Å². The van der Waals surface area contributed by atoms with Crippen LogP contribution in [0.5, 0.6) is 5.75 Å². The van der Waals surface area contributed by atoms with Gasteiger partial charge in [0.25, 0.3) is 5.91 Å². The van der Waals surface area contributed by atoms with Crippen LogP contribution in [0.1, 0.15) is 19.4 Å². The summed E-state index contributed by atoms with van der Waals surface area (Å²) in [5.74, 6) is -1.11. The lowest BCUT2D eigenvalue weighted by atomic mass is 10.2. The molecule has 0 radical (unpaired) electrons. The molecule has 9 heteroatoms. The van der Waals surface area contributed by atoms with Crippen LogP contribution in [-0.2, 0) is 11.0 Å². The number of hydrogen-bond acceptors (Lipinski definition) is 3. The molecule has 3 N–H and O–H groups in total. The van der Waals surface area contributed by atoms with Crippen molar-refractivity contribution in [1.82, 2.24) is 5.32 Å². The number of halogens is 3. The summed E-state index contributed by atoms with van der Waals surface area (Å²) in [5.41, 5.74) is -0.334. The lowest BCUT2D eigenvalue weighted by Crippen LogP contribution is -2.34. The summed E-state index contributed by atoms with van der Waals surface area (Å²) in [5, 5.41) is 7.75. The van der Waals surface area contributed by atoms with Gasteiger partial charge in [0.15, 0.2) is 6.61 Å². The minimum absolute atomic E-state index is 0.0798. The quantitative estimate of drug-likeness (QED) is 0.684. The number of hydrogen-bond donors (Lipinski definition) is 3. The Balaban J connectivity index is 2.02. The Kier molecular flexibility index (Phi) is 6.86. The molecular formula is C19H20F3N3O3. The van der Waals surface area contributed by atoms with Crippen molar-refractivity contribution in [2.24, 2.45) is 0 Å². The molecule has 2 rings (SSSR count). The highest BCUT2D eigenvalue weighted by atomic mass is 19.4. The zero-order chi connectivity index (χ0) is 20.7. The first-order valence-electron chi connectivity index (χ1n) is 8.42. The molecule has 0 saturated carbocycles. The van der Waals surface area contributed by atoms with E-state index < -0.39 is 36.0 Å². The second-order valence-corrected chi connectivity index (χ2v) is 6.13. The molecule has 6 nitrogen and oxygen atoms in total. The first-order chi connectivity index (χ1) is 13.2. The van der Waals surface area contributed by atoms with E-state index in [0.29, 0.717) is 11.4 Å². The fourth-order valence-electron chi connectivity index (χ4n) is 2.28. The average molecular weight is 395 g/mol. The maximum atomic E-state index is 13.0. The third kappa shape index (κ3) is 6.19. The number of carbonyl (C=O) groups excluding carboxylic acids is 2. The van der Waals surface area contributed by atoms with Gasteiger partial charge in [-0.05, 0) is 38.1 Å². The Bertz CT molecular complexity index is 838. The first-order valence-corrected chi connectivity index (χ1v) is 8.42. The number of nitrogens with one attached hydrogen (secondary N) is 3. The van der Waals surface area contributed by atoms with Crippen LogP contribution in [0.3, 0.4) is 0 Å². The third-order valence-electron chi connectivity index (χ3n) is 3.42. The van der Waals surface area contributed by atoms with E-state index in [2.05, 4.69) is 16.0 Å². The van der Waals surface area contributed by atoms with Crippen LogP contribution >= 0.6 is 0 Å². The zero-order valence-electron chi connectivity index (χ0n) is 15.3. The van der Waals surface area contributed by atoms with Crippen molar-refractivity contribution in [3.63, 3.8) is 0 Å². The van der Waals surface area contributed by atoms with Crippen molar-refractivity contribution in [1.29, 1.82) is 0 Å². The van der Waals surface area contributed by atoms with Gasteiger partial charge in [0.2, 0.25) is 0 Å². The molecule has 0 fully saturated rings. The monoisotopic (exact) mass is 395 g/mol. The second kappa shape index (κ2) is 9.12. The number of alkyl halides is 3. The normalized spacial score (nSPS) is 11.1. The number of rotatable bonds is 6. The van der Waals surface area contributed by atoms with Crippen LogP contribution in [0.4, 0.5) is 29.3 Å². The fourth-order valence-corrected chi connectivity index (χ4v) is 2.28. The van der Waals surface area contributed by atoms with Crippen molar-refractivity contribution in [2.45, 2.75) is 26.1 Å². The van der Waals surface area contributed by atoms with Crippen LogP contribution in [0.25, 0.3) is 0 Å². The van der Waals surface area contributed by atoms with Crippen molar-refractivity contribution < 1.29 is 27.5 Å². The second-order valence-electron chi connectivity index (χ2n) is 6.13. The van der Waals surface area contributed by atoms with E-state index in [4.69, 9.17) is 4.74 Å². The molecule has 0 bridgehead atoms. The van der Waals surface area contributed by atoms with Gasteiger partial charge in [-0.2, -0.15) is 13.2 Å². The molecule has 0 saturated heterocycles. The summed E-state index contributed by atoms with van der Waals surface area (Å²) < 4.78 is 43.9. The molecule has 150 valence electrons. The molecule has 0 aliphatic heterocycles. The Morgan fingerprint density at radius 2 is 1.54 bits per heavy atom. The molecule has 28 heavy (non-hydrogen) atoms. The Morgan fingerprint density at radius 1 is 0.964 bits per heavy atom. The van der Waals surface area contributed by atoms with Gasteiger partial charge in [-0.25, -0.2) is 4.79 Å². The lowest BCUT2D eigenvalue weighted by Gasteiger charge is -2.15. The van der Waals surface area contributed by atoms with Gasteiger partial charge in [0.1, 0.15) is 5.75 Å². The minimum Gasteiger partial charge on any atom is -0.483 e. The van der Waals surface area contributed by atoms with E-state index in [1.54, 1.807) is 38.1 Å². The average Bonchev–Trinajstić information content (AvgIpc) is 2.60. The molecule has 0 unspecified atom stereocenters. The van der Waals surface area contributed by atoms with Gasteiger partial charge in [0, 0.05) is 6.04 Å². The summed E-state index contributed by atoms with van der Waals surface area (Å²) in [7, 11) is 0. The van der Waals surface area contributed by atoms with E-state index >= 15 is 0 Å². The number of amides is 3. The summed E-state index contributed by atoms with van der Waals surface area (Å²) in [6.45, 7) is 2.96. The highest BCUT2D eigenvalue weighted by Gasteiger charge is 2.34. The number of benzene rings is 2. The first kappa shape index (κ1) is 21.1. The number of para-hydroxylation sites is 3. The molecule has 3 amide bonds. The van der Waals surface area contributed by atoms with Gasteiger partial charge in [-0.3, -0.25) is 4.79 Å². The number of carbonyl (C=O) groups is 2. The van der Waals surface area contributed by atoms with Crippen LogP contribution in [0, 0.1) is 0 Å². The largest absolute Gasteiger partial charge is 0.483 e. The smallest absolute Gasteiger partial charge is 0.419 e. The molecule has 0 aromatic heterocycles. The van der Waals surface area contributed by atoms with E-state index in [9.17, 15) is 22.8 Å². The molecular weight excluding hydrogens is 375 g/mol. The van der Waals surface area contributed by atoms with E-state index in [0.717, 1.165) is 12.1 Å². The van der Waals surface area contributed by atoms with Crippen molar-refractivity contribution in [3.8, 4) is 5.75 Å². The number of ether oxygens (including phenoxy) is 1. The summed E-state index contributed by atoms with van der Waals surface area (Å²) in [6.07, 6.45) is -4.59. The Hall–Kier alpha value is -3.23. The van der Waals surface area contributed by atoms with Crippen LogP contribution in [0.2, 0.25) is 0 Å². The molecule has 0 aliphatic rings. The molecule has 2 aromatic rings. The molecule has 0 heterocycles. The minimum atomic E-state index is -4.59. The predicted molar refractivity (Wildman–Crippen MR) is 99.3 cm³/mol. The van der Waals surface area contributed by atoms with Crippen molar-refractivity contribution in [3.05, 3.63) is 54.1 Å². The topological polar surface area (TPSA) is 79.5 Å². The highest BCUT2D eigenvalue weighted by molar-refractivity contribution is 5.99. The summed E-state index contributed by atoms with van der Waals surface area (Å²) in [4.78, 5) is 24.0. The lowest BCUT2D eigenvalue weighted by molar-refractivity contribution is -0.139. The van der Waals surface area contributed by atoms with Gasteiger partial charge in [-0.1, -0.05) is 24.3 Å². The van der Waals surface area contributed by atoms with Gasteiger partial charge >= 0.3 is 12.2 Å². The zero-order valence-corrected chi connectivity index (χ0v) is 15.3. The predicted octanol–water partition coefficient (Wildman–Crippen LogP) is 4.25. The molecule has 0 atom stereocenters. The Labute approximate surface area is 160 Å². The Morgan fingerprint density at radius 3 is 2.14 bits per heavy atom. The maximum absolute atomic E-state index is 13.0. The van der Waals surface area contributed by atoms with Gasteiger partial charge in [0.05, 0.1) is 16.9 Å². The van der Waals surface area contributed by atoms with Gasteiger partial charge in [-0.15, -0.1) is 0 Å². The van der Waals surface area contributed by atoms with E-state index in [1.165, 1.54) is 12.1 Å². The highest BCUT2D eigenvalue weighted by Crippen LogP contribution is 2.35. The third-order valence-corrected chi connectivity index (χ3v) is 3.42.